The highest BCUT2D eigenvalue weighted by molar-refractivity contribution is 5.85. The van der Waals surface area contributed by atoms with Crippen molar-refractivity contribution in [1.82, 2.24) is 5.32 Å². The second kappa shape index (κ2) is 4.54. The first-order chi connectivity index (χ1) is 4.34. The van der Waals surface area contributed by atoms with Crippen LogP contribution in [0.3, 0.4) is 0 Å². The average molecular weight is 164 g/mol. The van der Waals surface area contributed by atoms with Gasteiger partial charge in [-0.1, -0.05) is 0 Å². The molecule has 0 saturated carbocycles. The van der Waals surface area contributed by atoms with Crippen molar-refractivity contribution in [2.45, 2.75) is 12.6 Å². The normalized spacial score (nSPS) is 32.0. The molecule has 10 heavy (non-hydrogen) atoms. The first-order valence-electron chi connectivity index (χ1n) is 3.15. The van der Waals surface area contributed by atoms with E-state index in [1.165, 1.54) is 0 Å². The molecular formula is C7H11ClFN. The predicted molar refractivity (Wildman–Crippen MR) is 42.0 cm³/mol. The van der Waals surface area contributed by atoms with E-state index in [0.29, 0.717) is 6.54 Å². The molecule has 3 heteroatoms. The summed E-state index contributed by atoms with van der Waals surface area (Å²) in [6.45, 7) is 1.28. The molecule has 0 aromatic carbocycles. The minimum Gasteiger partial charge on any atom is -0.314 e. The van der Waals surface area contributed by atoms with Gasteiger partial charge in [0, 0.05) is 6.54 Å². The van der Waals surface area contributed by atoms with E-state index in [4.69, 9.17) is 6.42 Å². The van der Waals surface area contributed by atoms with Gasteiger partial charge in [-0.2, -0.15) is 0 Å². The van der Waals surface area contributed by atoms with E-state index in [1.54, 1.807) is 0 Å². The maximum absolute atomic E-state index is 12.6. The first-order valence-corrected chi connectivity index (χ1v) is 3.15. The third kappa shape index (κ3) is 2.17. The summed E-state index contributed by atoms with van der Waals surface area (Å²) in [6, 6.07) is 0. The van der Waals surface area contributed by atoms with Crippen LogP contribution in [0.4, 0.5) is 4.39 Å². The van der Waals surface area contributed by atoms with E-state index in [9.17, 15) is 4.39 Å². The van der Waals surface area contributed by atoms with Crippen molar-refractivity contribution in [1.29, 1.82) is 0 Å². The van der Waals surface area contributed by atoms with Crippen molar-refractivity contribution in [3.63, 3.8) is 0 Å². The van der Waals surface area contributed by atoms with Gasteiger partial charge in [-0.25, -0.2) is 4.39 Å². The molecule has 1 fully saturated rings. The van der Waals surface area contributed by atoms with Gasteiger partial charge >= 0.3 is 0 Å². The molecule has 0 spiro atoms. The second-order valence-electron chi connectivity index (χ2n) is 2.28. The molecule has 2 atom stereocenters. The minimum atomic E-state index is -0.830. The Balaban J connectivity index is 0.000000810. The molecule has 0 aromatic heterocycles. The number of halogens is 2. The molecule has 1 aliphatic heterocycles. The highest BCUT2D eigenvalue weighted by Gasteiger charge is 2.21. The Morgan fingerprint density at radius 1 is 1.60 bits per heavy atom. The van der Waals surface area contributed by atoms with Crippen LogP contribution in [0.2, 0.25) is 0 Å². The highest BCUT2D eigenvalue weighted by Crippen LogP contribution is 2.13. The summed E-state index contributed by atoms with van der Waals surface area (Å²) in [4.78, 5) is 0. The van der Waals surface area contributed by atoms with Crippen molar-refractivity contribution in [2.75, 3.05) is 13.1 Å². The molecule has 2 unspecified atom stereocenters. The van der Waals surface area contributed by atoms with Crippen LogP contribution in [0.25, 0.3) is 0 Å². The molecule has 0 aromatic rings. The van der Waals surface area contributed by atoms with Gasteiger partial charge in [0.05, 0.1) is 5.92 Å². The maximum Gasteiger partial charge on any atom is 0.126 e. The van der Waals surface area contributed by atoms with Crippen molar-refractivity contribution in [2.24, 2.45) is 5.92 Å². The lowest BCUT2D eigenvalue weighted by Crippen LogP contribution is -2.37. The van der Waals surface area contributed by atoms with E-state index in [-0.39, 0.29) is 18.3 Å². The molecule has 0 bridgehead atoms. The van der Waals surface area contributed by atoms with E-state index in [1.807, 2.05) is 0 Å². The summed E-state index contributed by atoms with van der Waals surface area (Å²) in [5.41, 5.74) is 0. The summed E-state index contributed by atoms with van der Waals surface area (Å²) in [5.74, 6) is 2.29. The number of piperidine rings is 1. The lowest BCUT2D eigenvalue weighted by atomic mass is 9.98. The number of hydrogen-bond donors (Lipinski definition) is 1. The number of hydrogen-bond acceptors (Lipinski definition) is 1. The SMILES string of the molecule is C#CC1CCNCC1F.Cl. The monoisotopic (exact) mass is 163 g/mol. The molecular weight excluding hydrogens is 153 g/mol. The fourth-order valence-corrected chi connectivity index (χ4v) is 1.01. The Hall–Kier alpha value is -0.260. The van der Waals surface area contributed by atoms with Crippen LogP contribution in [-0.2, 0) is 0 Å². The second-order valence-corrected chi connectivity index (χ2v) is 2.28. The standard InChI is InChI=1S/C7H10FN.ClH/c1-2-6-3-4-9-5-7(6)8;/h1,6-7,9H,3-5H2;1H. The van der Waals surface area contributed by atoms with Gasteiger partial charge in [-0.05, 0) is 13.0 Å². The van der Waals surface area contributed by atoms with Crippen molar-refractivity contribution >= 4 is 12.4 Å². The summed E-state index contributed by atoms with van der Waals surface area (Å²) < 4.78 is 12.6. The Labute approximate surface area is 66.8 Å². The number of alkyl halides is 1. The third-order valence-corrected chi connectivity index (χ3v) is 1.62. The van der Waals surface area contributed by atoms with Crippen LogP contribution < -0.4 is 5.32 Å². The minimum absolute atomic E-state index is 0. The topological polar surface area (TPSA) is 12.0 Å². The third-order valence-electron chi connectivity index (χ3n) is 1.62. The van der Waals surface area contributed by atoms with E-state index in [0.717, 1.165) is 13.0 Å². The smallest absolute Gasteiger partial charge is 0.126 e. The highest BCUT2D eigenvalue weighted by atomic mass is 35.5. The van der Waals surface area contributed by atoms with Crippen LogP contribution >= 0.6 is 12.4 Å². The van der Waals surface area contributed by atoms with Crippen molar-refractivity contribution in [3.05, 3.63) is 0 Å². The fraction of sp³-hybridized carbons (Fsp3) is 0.714. The molecule has 1 heterocycles. The Bertz CT molecular complexity index is 132. The molecule has 1 rings (SSSR count). The molecule has 0 radical (unpaired) electrons. The van der Waals surface area contributed by atoms with E-state index < -0.39 is 6.17 Å². The molecule has 1 saturated heterocycles. The zero-order valence-corrected chi connectivity index (χ0v) is 6.46. The largest absolute Gasteiger partial charge is 0.314 e. The molecule has 0 aliphatic carbocycles. The Kier molecular flexibility index (Phi) is 4.42. The van der Waals surface area contributed by atoms with Crippen molar-refractivity contribution < 1.29 is 4.39 Å². The molecule has 1 N–H and O–H groups in total. The summed E-state index contributed by atoms with van der Waals surface area (Å²) >= 11 is 0. The first kappa shape index (κ1) is 9.74. The van der Waals surface area contributed by atoms with E-state index in [2.05, 4.69) is 11.2 Å². The fourth-order valence-electron chi connectivity index (χ4n) is 1.01. The summed E-state index contributed by atoms with van der Waals surface area (Å²) in [6.07, 6.45) is 5.02. The van der Waals surface area contributed by atoms with Gasteiger partial charge in [0.1, 0.15) is 6.17 Å². The quantitative estimate of drug-likeness (QED) is 0.526. The van der Waals surface area contributed by atoms with Crippen LogP contribution in [0.5, 0.6) is 0 Å². The lowest BCUT2D eigenvalue weighted by Gasteiger charge is -2.21. The Morgan fingerprint density at radius 2 is 2.30 bits per heavy atom. The van der Waals surface area contributed by atoms with Crippen LogP contribution in [0.1, 0.15) is 6.42 Å². The van der Waals surface area contributed by atoms with Gasteiger partial charge in [0.25, 0.3) is 0 Å². The van der Waals surface area contributed by atoms with Gasteiger partial charge in [0.2, 0.25) is 0 Å². The predicted octanol–water partition coefficient (Wildman–Crippen LogP) is 0.989. The molecule has 1 aliphatic rings. The number of rotatable bonds is 0. The molecule has 0 amide bonds. The lowest BCUT2D eigenvalue weighted by molar-refractivity contribution is 0.220. The average Bonchev–Trinajstić information content (AvgIpc) is 1.89. The van der Waals surface area contributed by atoms with Crippen LogP contribution in [0, 0.1) is 18.3 Å². The van der Waals surface area contributed by atoms with Gasteiger partial charge in [-0.3, -0.25) is 0 Å². The summed E-state index contributed by atoms with van der Waals surface area (Å²) in [7, 11) is 0. The van der Waals surface area contributed by atoms with Crippen LogP contribution in [-0.4, -0.2) is 19.3 Å². The van der Waals surface area contributed by atoms with Gasteiger partial charge in [0.15, 0.2) is 0 Å². The number of terminal acetylenes is 1. The zero-order chi connectivity index (χ0) is 6.69. The Morgan fingerprint density at radius 3 is 2.70 bits per heavy atom. The zero-order valence-electron chi connectivity index (χ0n) is 5.64. The molecule has 58 valence electrons. The maximum atomic E-state index is 12.6. The van der Waals surface area contributed by atoms with Gasteiger partial charge in [-0.15, -0.1) is 24.8 Å². The molecule has 1 nitrogen and oxygen atoms in total. The van der Waals surface area contributed by atoms with E-state index >= 15 is 0 Å². The van der Waals surface area contributed by atoms with Crippen molar-refractivity contribution in [3.8, 4) is 12.3 Å². The summed E-state index contributed by atoms with van der Waals surface area (Å²) in [5, 5.41) is 2.93. The van der Waals surface area contributed by atoms with Crippen LogP contribution in [0.15, 0.2) is 0 Å². The van der Waals surface area contributed by atoms with Gasteiger partial charge < -0.3 is 5.32 Å². The number of nitrogens with one attached hydrogen (secondary N) is 1.